The zero-order valence-electron chi connectivity index (χ0n) is 16.1. The first-order valence-corrected chi connectivity index (χ1v) is 9.99. The Morgan fingerprint density at radius 3 is 2.52 bits per heavy atom. The molecule has 2 aromatic carbocycles. The quantitative estimate of drug-likeness (QED) is 0.512. The highest BCUT2D eigenvalue weighted by Gasteiger charge is 2.14. The van der Waals surface area contributed by atoms with Crippen molar-refractivity contribution in [3.8, 4) is 16.9 Å². The largest absolute Gasteiger partial charge is 0.497 e. The van der Waals surface area contributed by atoms with Crippen LogP contribution in [0.25, 0.3) is 21.3 Å². The van der Waals surface area contributed by atoms with E-state index in [-0.39, 0.29) is 11.4 Å². The van der Waals surface area contributed by atoms with Crippen LogP contribution in [0.15, 0.2) is 58.7 Å². The Bertz CT molecular complexity index is 1180. The molecule has 0 fully saturated rings. The summed E-state index contributed by atoms with van der Waals surface area (Å²) < 4.78 is 18.4. The summed E-state index contributed by atoms with van der Waals surface area (Å²) in [5, 5.41) is 2.44. The third kappa shape index (κ3) is 4.21. The van der Waals surface area contributed by atoms with Crippen LogP contribution < -0.4 is 10.3 Å². The number of nitrogens with zero attached hydrogens (tertiary/aromatic N) is 2. The van der Waals surface area contributed by atoms with Crippen LogP contribution in [0, 0.1) is 5.82 Å². The maximum Gasteiger partial charge on any atom is 0.260 e. The predicted octanol–water partition coefficient (Wildman–Crippen LogP) is 4.43. The van der Waals surface area contributed by atoms with E-state index < -0.39 is 0 Å². The lowest BCUT2D eigenvalue weighted by atomic mass is 10.1. The van der Waals surface area contributed by atoms with E-state index in [9.17, 15) is 9.18 Å². The molecule has 2 aromatic heterocycles. The number of hydrogen-bond acceptors (Lipinski definition) is 5. The average Bonchev–Trinajstić information content (AvgIpc) is 3.13. The Morgan fingerprint density at radius 2 is 1.83 bits per heavy atom. The van der Waals surface area contributed by atoms with Gasteiger partial charge < -0.3 is 9.72 Å². The van der Waals surface area contributed by atoms with Gasteiger partial charge >= 0.3 is 0 Å². The summed E-state index contributed by atoms with van der Waals surface area (Å²) in [6.07, 6.45) is 0. The summed E-state index contributed by atoms with van der Waals surface area (Å²) in [5.41, 5.74) is 2.54. The lowest BCUT2D eigenvalue weighted by Gasteiger charge is -2.16. The van der Waals surface area contributed by atoms with Gasteiger partial charge in [0.25, 0.3) is 5.56 Å². The van der Waals surface area contributed by atoms with E-state index in [4.69, 9.17) is 4.74 Å². The molecule has 0 radical (unpaired) electrons. The average molecular weight is 409 g/mol. The highest BCUT2D eigenvalue weighted by atomic mass is 32.1. The normalized spacial score (nSPS) is 11.3. The van der Waals surface area contributed by atoms with Crippen LogP contribution in [-0.4, -0.2) is 29.0 Å². The highest BCUT2D eigenvalue weighted by molar-refractivity contribution is 7.17. The second kappa shape index (κ2) is 8.14. The zero-order chi connectivity index (χ0) is 20.4. The Kier molecular flexibility index (Phi) is 5.42. The van der Waals surface area contributed by atoms with Crippen LogP contribution >= 0.6 is 11.3 Å². The number of aromatic nitrogens is 2. The third-order valence-electron chi connectivity index (χ3n) is 4.68. The number of nitrogens with one attached hydrogen (secondary N) is 1. The molecule has 148 valence electrons. The van der Waals surface area contributed by atoms with E-state index in [2.05, 4.69) is 14.9 Å². The minimum atomic E-state index is -0.303. The van der Waals surface area contributed by atoms with Crippen LogP contribution in [0.4, 0.5) is 4.39 Å². The van der Waals surface area contributed by atoms with Crippen molar-refractivity contribution in [3.05, 3.63) is 81.5 Å². The molecule has 0 bridgehead atoms. The van der Waals surface area contributed by atoms with Crippen molar-refractivity contribution in [2.24, 2.45) is 0 Å². The van der Waals surface area contributed by atoms with E-state index in [0.717, 1.165) is 29.0 Å². The van der Waals surface area contributed by atoms with Crippen molar-refractivity contribution in [3.63, 3.8) is 0 Å². The molecule has 0 saturated heterocycles. The molecule has 0 aliphatic heterocycles. The van der Waals surface area contributed by atoms with Gasteiger partial charge in [0.15, 0.2) is 0 Å². The number of ether oxygens (including phenoxy) is 1. The van der Waals surface area contributed by atoms with Crippen molar-refractivity contribution >= 4 is 21.6 Å². The number of H-pyrrole nitrogens is 1. The fourth-order valence-corrected chi connectivity index (χ4v) is 4.23. The molecule has 0 spiro atoms. The summed E-state index contributed by atoms with van der Waals surface area (Å²) in [6.45, 7) is 1.23. The molecule has 4 aromatic rings. The molecular formula is C22H20FN3O2S. The molecule has 0 aliphatic carbocycles. The lowest BCUT2D eigenvalue weighted by molar-refractivity contribution is 0.310. The first kappa shape index (κ1) is 19.3. The number of rotatable bonds is 6. The Hall–Kier alpha value is -3.03. The fourth-order valence-electron chi connectivity index (χ4n) is 3.26. The molecule has 0 unspecified atom stereocenters. The fraction of sp³-hybridized carbons (Fsp3) is 0.182. The summed E-state index contributed by atoms with van der Waals surface area (Å²) in [4.78, 5) is 23.0. The van der Waals surface area contributed by atoms with E-state index in [1.54, 1.807) is 19.2 Å². The third-order valence-corrected chi connectivity index (χ3v) is 5.55. The van der Waals surface area contributed by atoms with Gasteiger partial charge in [-0.15, -0.1) is 11.3 Å². The Balaban J connectivity index is 1.55. The molecule has 0 saturated carbocycles. The zero-order valence-corrected chi connectivity index (χ0v) is 16.9. The number of aromatic amines is 1. The Labute approximate surface area is 171 Å². The minimum Gasteiger partial charge on any atom is -0.497 e. The predicted molar refractivity (Wildman–Crippen MR) is 114 cm³/mol. The van der Waals surface area contributed by atoms with E-state index in [0.29, 0.717) is 22.6 Å². The molecule has 0 aliphatic rings. The van der Waals surface area contributed by atoms with Gasteiger partial charge in [-0.3, -0.25) is 9.69 Å². The highest BCUT2D eigenvalue weighted by Crippen LogP contribution is 2.30. The van der Waals surface area contributed by atoms with E-state index >= 15 is 0 Å². The molecular weight excluding hydrogens is 389 g/mol. The SMILES string of the molecule is COc1ccc(CN(C)Cc2nc3scc(-c4ccc(F)cc4)c3c(=O)[nH]2)cc1. The molecule has 0 amide bonds. The topological polar surface area (TPSA) is 58.2 Å². The standard InChI is InChI=1S/C22H20FN3O2S/c1-26(11-14-3-9-17(28-2)10-4-14)12-19-24-21(27)20-18(13-29-22(20)25-19)15-5-7-16(23)8-6-15/h3-10,13H,11-12H2,1-2H3,(H,24,25,27). The lowest BCUT2D eigenvalue weighted by Crippen LogP contribution is -2.21. The molecule has 2 heterocycles. The van der Waals surface area contributed by atoms with Gasteiger partial charge in [0.05, 0.1) is 19.0 Å². The van der Waals surface area contributed by atoms with Crippen molar-refractivity contribution in [1.29, 1.82) is 0 Å². The monoisotopic (exact) mass is 409 g/mol. The first-order chi connectivity index (χ1) is 14.0. The van der Waals surface area contributed by atoms with Gasteiger partial charge in [-0.05, 0) is 42.4 Å². The van der Waals surface area contributed by atoms with Crippen molar-refractivity contribution < 1.29 is 9.13 Å². The second-order valence-electron chi connectivity index (χ2n) is 6.87. The number of hydrogen-bond donors (Lipinski definition) is 1. The summed E-state index contributed by atoms with van der Waals surface area (Å²) in [6, 6.07) is 14.0. The molecule has 1 N–H and O–H groups in total. The van der Waals surface area contributed by atoms with E-state index in [1.165, 1.54) is 23.5 Å². The van der Waals surface area contributed by atoms with Crippen LogP contribution in [0.5, 0.6) is 5.75 Å². The maximum absolute atomic E-state index is 13.2. The first-order valence-electron chi connectivity index (χ1n) is 9.11. The van der Waals surface area contributed by atoms with Crippen LogP contribution in [0.1, 0.15) is 11.4 Å². The van der Waals surface area contributed by atoms with Crippen molar-refractivity contribution in [2.75, 3.05) is 14.2 Å². The van der Waals surface area contributed by atoms with Gasteiger partial charge in [-0.1, -0.05) is 24.3 Å². The van der Waals surface area contributed by atoms with Gasteiger partial charge in [0, 0.05) is 17.5 Å². The summed E-state index contributed by atoms with van der Waals surface area (Å²) in [5.74, 6) is 1.14. The second-order valence-corrected chi connectivity index (χ2v) is 7.73. The van der Waals surface area contributed by atoms with Crippen LogP contribution in [0.2, 0.25) is 0 Å². The van der Waals surface area contributed by atoms with Crippen LogP contribution in [-0.2, 0) is 13.1 Å². The van der Waals surface area contributed by atoms with Gasteiger partial charge in [-0.2, -0.15) is 0 Å². The number of fused-ring (bicyclic) bond motifs is 1. The maximum atomic E-state index is 13.2. The molecule has 7 heteroatoms. The van der Waals surface area contributed by atoms with Crippen molar-refractivity contribution in [1.82, 2.24) is 14.9 Å². The number of benzene rings is 2. The Morgan fingerprint density at radius 1 is 1.10 bits per heavy atom. The van der Waals surface area contributed by atoms with Crippen LogP contribution in [0.3, 0.4) is 0 Å². The molecule has 4 rings (SSSR count). The minimum absolute atomic E-state index is 0.177. The smallest absolute Gasteiger partial charge is 0.260 e. The van der Waals surface area contributed by atoms with Gasteiger partial charge in [0.1, 0.15) is 22.2 Å². The molecule has 0 atom stereocenters. The number of halogens is 1. The molecule has 29 heavy (non-hydrogen) atoms. The summed E-state index contributed by atoms with van der Waals surface area (Å²) in [7, 11) is 3.62. The molecule has 5 nitrogen and oxygen atoms in total. The van der Waals surface area contributed by atoms with E-state index in [1.807, 2.05) is 36.7 Å². The van der Waals surface area contributed by atoms with Crippen molar-refractivity contribution in [2.45, 2.75) is 13.1 Å². The number of thiophene rings is 1. The van der Waals surface area contributed by atoms with Gasteiger partial charge in [-0.25, -0.2) is 9.37 Å². The summed E-state index contributed by atoms with van der Waals surface area (Å²) >= 11 is 1.42. The van der Waals surface area contributed by atoms with Gasteiger partial charge in [0.2, 0.25) is 0 Å². The number of methoxy groups -OCH3 is 1.